The maximum atomic E-state index is 13.3. The fraction of sp³-hybridized carbons (Fsp3) is 0.111. The molecule has 0 heterocycles. The van der Waals surface area contributed by atoms with Crippen LogP contribution < -0.4 is 5.32 Å². The Kier molecular flexibility index (Phi) is 3.48. The number of hydrogen-bond donors (Lipinski definition) is 2. The Hall–Kier alpha value is -2.55. The van der Waals surface area contributed by atoms with Crippen LogP contribution in [0.3, 0.4) is 0 Å². The number of phenolic OH excluding ortho intramolecular Hbond substituents is 1. The van der Waals surface area contributed by atoms with Crippen molar-refractivity contribution in [2.75, 3.05) is 5.32 Å². The van der Waals surface area contributed by atoms with E-state index in [-0.39, 0.29) is 11.6 Å². The summed E-state index contributed by atoms with van der Waals surface area (Å²) in [4.78, 5) is 0. The number of nitrogens with one attached hydrogen (secondary N) is 1. The minimum Gasteiger partial charge on any atom is -0.508 e. The summed E-state index contributed by atoms with van der Waals surface area (Å²) >= 11 is 0. The lowest BCUT2D eigenvalue weighted by Crippen LogP contribution is -2.02. The summed E-state index contributed by atoms with van der Waals surface area (Å²) in [7, 11) is 0. The molecule has 3 aromatic rings. The summed E-state index contributed by atoms with van der Waals surface area (Å²) in [6.07, 6.45) is 0. The van der Waals surface area contributed by atoms with Gasteiger partial charge in [0.1, 0.15) is 11.6 Å². The van der Waals surface area contributed by atoms with E-state index in [4.69, 9.17) is 0 Å². The number of benzene rings is 3. The van der Waals surface area contributed by atoms with Crippen LogP contribution in [0, 0.1) is 12.7 Å². The van der Waals surface area contributed by atoms with Gasteiger partial charge in [0.15, 0.2) is 0 Å². The molecule has 3 heteroatoms. The molecule has 21 heavy (non-hydrogen) atoms. The minimum atomic E-state index is -0.273. The number of halogens is 1. The standard InChI is InChI=1S/C18H16FNO/c1-12-6-8-14(19)10-17(12)20-11-16-15-5-3-2-4-13(15)7-9-18(16)21/h2-10,20-21H,11H2,1H3. The van der Waals surface area contributed by atoms with E-state index in [1.54, 1.807) is 12.1 Å². The fourth-order valence-electron chi connectivity index (χ4n) is 2.48. The number of anilines is 1. The molecule has 0 saturated heterocycles. The lowest BCUT2D eigenvalue weighted by Gasteiger charge is -2.13. The van der Waals surface area contributed by atoms with Gasteiger partial charge in [-0.2, -0.15) is 0 Å². The lowest BCUT2D eigenvalue weighted by molar-refractivity contribution is 0.470. The number of phenols is 1. The minimum absolute atomic E-state index is 0.246. The Bertz CT molecular complexity index is 798. The molecule has 106 valence electrons. The second kappa shape index (κ2) is 5.44. The van der Waals surface area contributed by atoms with Gasteiger partial charge in [-0.3, -0.25) is 0 Å². The molecule has 3 aromatic carbocycles. The van der Waals surface area contributed by atoms with Crippen LogP contribution >= 0.6 is 0 Å². The molecule has 2 nitrogen and oxygen atoms in total. The Morgan fingerprint density at radius 2 is 1.86 bits per heavy atom. The largest absolute Gasteiger partial charge is 0.508 e. The zero-order valence-corrected chi connectivity index (χ0v) is 11.7. The number of hydrogen-bond acceptors (Lipinski definition) is 2. The molecule has 3 rings (SSSR count). The first-order valence-electron chi connectivity index (χ1n) is 6.85. The van der Waals surface area contributed by atoms with Gasteiger partial charge in [0.2, 0.25) is 0 Å². The predicted molar refractivity (Wildman–Crippen MR) is 84.1 cm³/mol. The first-order valence-corrected chi connectivity index (χ1v) is 6.85. The zero-order chi connectivity index (χ0) is 14.8. The van der Waals surface area contributed by atoms with E-state index < -0.39 is 0 Å². The average molecular weight is 281 g/mol. The van der Waals surface area contributed by atoms with Gasteiger partial charge in [0.05, 0.1) is 0 Å². The molecule has 2 N–H and O–H groups in total. The molecule has 0 unspecified atom stereocenters. The summed E-state index contributed by atoms with van der Waals surface area (Å²) in [5.41, 5.74) is 2.52. The van der Waals surface area contributed by atoms with Gasteiger partial charge in [-0.25, -0.2) is 4.39 Å². The number of aryl methyl sites for hydroxylation is 1. The molecular weight excluding hydrogens is 265 g/mol. The Balaban J connectivity index is 1.95. The first-order chi connectivity index (χ1) is 10.1. The van der Waals surface area contributed by atoms with Crippen molar-refractivity contribution >= 4 is 16.5 Å². The van der Waals surface area contributed by atoms with Crippen molar-refractivity contribution in [3.63, 3.8) is 0 Å². The van der Waals surface area contributed by atoms with E-state index in [2.05, 4.69) is 5.32 Å². The number of aromatic hydroxyl groups is 1. The summed E-state index contributed by atoms with van der Waals surface area (Å²) in [5.74, 6) is -0.0273. The average Bonchev–Trinajstić information content (AvgIpc) is 2.49. The van der Waals surface area contributed by atoms with Gasteiger partial charge in [0.25, 0.3) is 0 Å². The summed E-state index contributed by atoms with van der Waals surface area (Å²) in [6, 6.07) is 16.1. The van der Waals surface area contributed by atoms with Gasteiger partial charge in [0, 0.05) is 17.8 Å². The van der Waals surface area contributed by atoms with Crippen LogP contribution in [0.2, 0.25) is 0 Å². The van der Waals surface area contributed by atoms with Gasteiger partial charge < -0.3 is 10.4 Å². The van der Waals surface area contributed by atoms with E-state index in [1.165, 1.54) is 12.1 Å². The fourth-order valence-corrected chi connectivity index (χ4v) is 2.48. The lowest BCUT2D eigenvalue weighted by atomic mass is 10.0. The topological polar surface area (TPSA) is 32.3 Å². The molecule has 0 saturated carbocycles. The highest BCUT2D eigenvalue weighted by molar-refractivity contribution is 5.87. The van der Waals surface area contributed by atoms with Crippen molar-refractivity contribution in [3.05, 3.63) is 71.5 Å². The first kappa shape index (κ1) is 13.4. The molecule has 0 radical (unpaired) electrons. The quantitative estimate of drug-likeness (QED) is 0.735. The van der Waals surface area contributed by atoms with Crippen molar-refractivity contribution in [1.29, 1.82) is 0 Å². The van der Waals surface area contributed by atoms with Crippen molar-refractivity contribution in [2.24, 2.45) is 0 Å². The van der Waals surface area contributed by atoms with Gasteiger partial charge in [-0.1, -0.05) is 36.4 Å². The Labute approximate surface area is 122 Å². The second-order valence-corrected chi connectivity index (χ2v) is 5.10. The normalized spacial score (nSPS) is 10.8. The van der Waals surface area contributed by atoms with Crippen LogP contribution in [0.25, 0.3) is 10.8 Å². The molecule has 0 aliphatic heterocycles. The summed E-state index contributed by atoms with van der Waals surface area (Å²) in [5, 5.41) is 15.4. The highest BCUT2D eigenvalue weighted by Crippen LogP contribution is 2.28. The van der Waals surface area contributed by atoms with Crippen LogP contribution in [0.15, 0.2) is 54.6 Å². The van der Waals surface area contributed by atoms with Gasteiger partial charge >= 0.3 is 0 Å². The van der Waals surface area contributed by atoms with Crippen molar-refractivity contribution in [1.82, 2.24) is 0 Å². The van der Waals surface area contributed by atoms with Crippen molar-refractivity contribution < 1.29 is 9.50 Å². The van der Waals surface area contributed by atoms with Crippen molar-refractivity contribution in [2.45, 2.75) is 13.5 Å². The predicted octanol–water partition coefficient (Wildman–Crippen LogP) is 4.61. The molecule has 0 aromatic heterocycles. The van der Waals surface area contributed by atoms with Crippen LogP contribution in [0.4, 0.5) is 10.1 Å². The smallest absolute Gasteiger partial charge is 0.125 e. The maximum Gasteiger partial charge on any atom is 0.125 e. The van der Waals surface area contributed by atoms with Gasteiger partial charge in [-0.05, 0) is 41.5 Å². The second-order valence-electron chi connectivity index (χ2n) is 5.10. The number of rotatable bonds is 3. The number of fused-ring (bicyclic) bond motifs is 1. The molecule has 0 atom stereocenters. The van der Waals surface area contributed by atoms with Crippen LogP contribution in [-0.2, 0) is 6.54 Å². The highest BCUT2D eigenvalue weighted by atomic mass is 19.1. The van der Waals surface area contributed by atoms with Gasteiger partial charge in [-0.15, -0.1) is 0 Å². The Morgan fingerprint density at radius 1 is 1.05 bits per heavy atom. The van der Waals surface area contributed by atoms with Crippen LogP contribution in [0.5, 0.6) is 5.75 Å². The molecule has 0 amide bonds. The molecule has 0 fully saturated rings. The van der Waals surface area contributed by atoms with Crippen molar-refractivity contribution in [3.8, 4) is 5.75 Å². The highest BCUT2D eigenvalue weighted by Gasteiger charge is 2.07. The van der Waals surface area contributed by atoms with E-state index in [1.807, 2.05) is 37.3 Å². The zero-order valence-electron chi connectivity index (χ0n) is 11.7. The van der Waals surface area contributed by atoms with E-state index >= 15 is 0 Å². The summed E-state index contributed by atoms with van der Waals surface area (Å²) < 4.78 is 13.3. The molecule has 0 bridgehead atoms. The van der Waals surface area contributed by atoms with Crippen LogP contribution in [-0.4, -0.2) is 5.11 Å². The maximum absolute atomic E-state index is 13.3. The van der Waals surface area contributed by atoms with E-state index in [0.717, 1.165) is 27.6 Å². The molecule has 0 aliphatic carbocycles. The molecule has 0 spiro atoms. The third-order valence-electron chi connectivity index (χ3n) is 3.67. The van der Waals surface area contributed by atoms with E-state index in [9.17, 15) is 9.50 Å². The third-order valence-corrected chi connectivity index (χ3v) is 3.67. The molecular formula is C18H16FNO. The summed E-state index contributed by atoms with van der Waals surface area (Å²) in [6.45, 7) is 2.36. The third kappa shape index (κ3) is 2.68. The van der Waals surface area contributed by atoms with Crippen LogP contribution in [0.1, 0.15) is 11.1 Å². The SMILES string of the molecule is Cc1ccc(F)cc1NCc1c(O)ccc2ccccc12. The monoisotopic (exact) mass is 281 g/mol. The molecule has 0 aliphatic rings. The van der Waals surface area contributed by atoms with E-state index in [0.29, 0.717) is 6.54 Å². The Morgan fingerprint density at radius 3 is 2.71 bits per heavy atom.